The van der Waals surface area contributed by atoms with E-state index in [-0.39, 0.29) is 10.6 Å². The molecule has 0 amide bonds. The molecule has 3 N–H and O–H groups in total. The lowest BCUT2D eigenvalue weighted by atomic mass is 10.2. The van der Waals surface area contributed by atoms with Crippen molar-refractivity contribution in [3.8, 4) is 5.75 Å². The van der Waals surface area contributed by atoms with Crippen molar-refractivity contribution in [3.05, 3.63) is 24.3 Å². The van der Waals surface area contributed by atoms with E-state index in [0.717, 1.165) is 0 Å². The van der Waals surface area contributed by atoms with Crippen LogP contribution in [0.25, 0.3) is 0 Å². The Morgan fingerprint density at radius 3 is 2.60 bits per heavy atom. The second-order valence-electron chi connectivity index (χ2n) is 2.63. The Morgan fingerprint density at radius 1 is 1.40 bits per heavy atom. The first-order valence-electron chi connectivity index (χ1n) is 4.02. The van der Waals surface area contributed by atoms with Crippen molar-refractivity contribution in [3.63, 3.8) is 0 Å². The van der Waals surface area contributed by atoms with Crippen LogP contribution in [0.15, 0.2) is 29.2 Å². The van der Waals surface area contributed by atoms with Gasteiger partial charge in [0.15, 0.2) is 0 Å². The Kier molecular flexibility index (Phi) is 3.69. The second kappa shape index (κ2) is 4.62. The molecule has 0 fully saturated rings. The van der Waals surface area contributed by atoms with Gasteiger partial charge in [-0.15, -0.1) is 0 Å². The molecule has 0 aliphatic rings. The van der Waals surface area contributed by atoms with Crippen LogP contribution in [-0.2, 0) is 10.0 Å². The van der Waals surface area contributed by atoms with Gasteiger partial charge in [0.05, 0.1) is 4.90 Å². The summed E-state index contributed by atoms with van der Waals surface area (Å²) in [5.74, 6) is 0.0568. The fraction of sp³-hybridized carbons (Fsp3) is 0.143. The zero-order chi connectivity index (χ0) is 11.5. The summed E-state index contributed by atoms with van der Waals surface area (Å²) in [4.78, 5) is -0.0110. The predicted octanol–water partition coefficient (Wildman–Crippen LogP) is -1.06. The molecular weight excluding hydrogens is 221 g/mol. The number of nitrogens with one attached hydrogen (secondary N) is 1. The average molecular weight is 231 g/mol. The molecule has 82 valence electrons. The van der Waals surface area contributed by atoms with Crippen LogP contribution >= 0.6 is 0 Å². The van der Waals surface area contributed by atoms with Crippen molar-refractivity contribution in [2.45, 2.75) is 4.90 Å². The third kappa shape index (κ3) is 3.20. The van der Waals surface area contributed by atoms with Crippen molar-refractivity contribution in [1.29, 1.82) is 0 Å². The first kappa shape index (κ1) is 12.0. The van der Waals surface area contributed by atoms with Crippen molar-refractivity contribution in [1.82, 2.24) is 4.72 Å². The monoisotopic (exact) mass is 231 g/mol. The Hall–Kier alpha value is -1.09. The minimum absolute atomic E-state index is 0.0110. The summed E-state index contributed by atoms with van der Waals surface area (Å²) in [7, 11) is -4.24. The molecule has 0 aliphatic heterocycles. The third-order valence-electron chi connectivity index (χ3n) is 1.63. The highest BCUT2D eigenvalue weighted by atomic mass is 32.2. The number of hydrogen-bond donors (Lipinski definition) is 3. The van der Waals surface area contributed by atoms with Crippen LogP contribution in [0, 0.1) is 0 Å². The molecule has 0 saturated heterocycles. The minimum Gasteiger partial charge on any atom is -0.512 e. The van der Waals surface area contributed by atoms with E-state index in [1.807, 2.05) is 0 Å². The summed E-state index contributed by atoms with van der Waals surface area (Å²) in [5, 5.41) is 17.0. The van der Waals surface area contributed by atoms with Crippen LogP contribution in [0.4, 0.5) is 0 Å². The first-order chi connectivity index (χ1) is 6.95. The Bertz CT molecular complexity index is 433. The van der Waals surface area contributed by atoms with Crippen LogP contribution in [-0.4, -0.2) is 32.8 Å². The highest BCUT2D eigenvalue weighted by Gasteiger charge is 2.15. The Morgan fingerprint density at radius 2 is 2.07 bits per heavy atom. The molecule has 1 aromatic carbocycles. The zero-order valence-corrected chi connectivity index (χ0v) is 8.73. The summed E-state index contributed by atoms with van der Waals surface area (Å²) < 4.78 is 29.3. The lowest BCUT2D eigenvalue weighted by Crippen LogP contribution is -2.21. The van der Waals surface area contributed by atoms with Crippen molar-refractivity contribution >= 4 is 17.3 Å². The zero-order valence-electron chi connectivity index (χ0n) is 7.91. The summed E-state index contributed by atoms with van der Waals surface area (Å²) in [5.41, 5.74) is 0. The van der Waals surface area contributed by atoms with Gasteiger partial charge in [-0.3, -0.25) is 0 Å². The van der Waals surface area contributed by atoms with E-state index in [0.29, 0.717) is 0 Å². The van der Waals surface area contributed by atoms with Crippen LogP contribution in [0.1, 0.15) is 0 Å². The van der Waals surface area contributed by atoms with Gasteiger partial charge in [-0.05, 0) is 25.2 Å². The van der Waals surface area contributed by atoms with E-state index in [4.69, 9.17) is 10.0 Å². The van der Waals surface area contributed by atoms with E-state index in [1.54, 1.807) is 0 Å². The van der Waals surface area contributed by atoms with Gasteiger partial charge >= 0.3 is 7.32 Å². The molecule has 1 aromatic rings. The van der Waals surface area contributed by atoms with Crippen molar-refractivity contribution in [2.24, 2.45) is 0 Å². The molecule has 8 heteroatoms. The van der Waals surface area contributed by atoms with E-state index < -0.39 is 17.3 Å². The number of benzene rings is 1. The van der Waals surface area contributed by atoms with Crippen molar-refractivity contribution in [2.75, 3.05) is 7.05 Å². The van der Waals surface area contributed by atoms with Gasteiger partial charge in [0.25, 0.3) is 0 Å². The van der Waals surface area contributed by atoms with Crippen LogP contribution in [0.2, 0.25) is 0 Å². The SMILES string of the molecule is CNS(=O)(=O)c1cccc(OB(O)O)c1. The molecule has 0 heterocycles. The Labute approximate surface area is 87.7 Å². The van der Waals surface area contributed by atoms with Gasteiger partial charge in [-0.2, -0.15) is 0 Å². The van der Waals surface area contributed by atoms with Gasteiger partial charge in [-0.25, -0.2) is 13.1 Å². The smallest absolute Gasteiger partial charge is 0.512 e. The van der Waals surface area contributed by atoms with E-state index in [9.17, 15) is 8.42 Å². The normalized spacial score (nSPS) is 11.1. The molecule has 0 saturated carbocycles. The van der Waals surface area contributed by atoms with Crippen LogP contribution in [0.5, 0.6) is 5.75 Å². The lowest BCUT2D eigenvalue weighted by Gasteiger charge is -2.06. The molecular formula is C7H10BNO5S. The van der Waals surface area contributed by atoms with E-state index in [1.165, 1.54) is 31.3 Å². The number of sulfonamides is 1. The third-order valence-corrected chi connectivity index (χ3v) is 3.04. The van der Waals surface area contributed by atoms with Gasteiger partial charge in [0.2, 0.25) is 10.0 Å². The second-order valence-corrected chi connectivity index (χ2v) is 4.51. The maximum absolute atomic E-state index is 11.3. The van der Waals surface area contributed by atoms with Crippen LogP contribution < -0.4 is 9.38 Å². The maximum Gasteiger partial charge on any atom is 0.707 e. The molecule has 0 atom stereocenters. The fourth-order valence-electron chi connectivity index (χ4n) is 0.954. The topological polar surface area (TPSA) is 95.9 Å². The molecule has 1 rings (SSSR count). The van der Waals surface area contributed by atoms with Gasteiger partial charge in [-0.1, -0.05) is 6.07 Å². The number of hydrogen-bond acceptors (Lipinski definition) is 5. The minimum atomic E-state index is -3.55. The van der Waals surface area contributed by atoms with E-state index >= 15 is 0 Å². The molecule has 0 unspecified atom stereocenters. The first-order valence-corrected chi connectivity index (χ1v) is 5.50. The van der Waals surface area contributed by atoms with Crippen LogP contribution in [0.3, 0.4) is 0 Å². The summed E-state index contributed by atoms with van der Waals surface area (Å²) in [6, 6.07) is 5.39. The quantitative estimate of drug-likeness (QED) is 0.574. The number of rotatable bonds is 4. The van der Waals surface area contributed by atoms with Gasteiger partial charge in [0, 0.05) is 0 Å². The average Bonchev–Trinajstić information content (AvgIpc) is 2.17. The molecule has 0 spiro atoms. The highest BCUT2D eigenvalue weighted by molar-refractivity contribution is 7.89. The van der Waals surface area contributed by atoms with Gasteiger partial charge < -0.3 is 14.7 Å². The maximum atomic E-state index is 11.3. The highest BCUT2D eigenvalue weighted by Crippen LogP contribution is 2.17. The molecule has 0 aliphatic carbocycles. The lowest BCUT2D eigenvalue weighted by molar-refractivity contribution is 0.288. The van der Waals surface area contributed by atoms with Crippen molar-refractivity contribution < 1.29 is 23.1 Å². The Balaban J connectivity index is 3.03. The molecule has 15 heavy (non-hydrogen) atoms. The predicted molar refractivity (Wildman–Crippen MR) is 53.5 cm³/mol. The standard InChI is InChI=1S/C7H10BNO5S/c1-9-15(12,13)7-4-2-3-6(5-7)14-8(10)11/h2-5,9-11H,1H3. The summed E-state index contributed by atoms with van der Waals surface area (Å²) in [6.45, 7) is 0. The summed E-state index contributed by atoms with van der Waals surface area (Å²) >= 11 is 0. The molecule has 0 radical (unpaired) electrons. The van der Waals surface area contributed by atoms with Gasteiger partial charge in [0.1, 0.15) is 5.75 Å². The molecule has 0 aromatic heterocycles. The summed E-state index contributed by atoms with van der Waals surface area (Å²) in [6.07, 6.45) is 0. The fourth-order valence-corrected chi connectivity index (χ4v) is 1.72. The largest absolute Gasteiger partial charge is 0.707 e. The molecule has 0 bridgehead atoms. The molecule has 6 nitrogen and oxygen atoms in total. The van der Waals surface area contributed by atoms with E-state index in [2.05, 4.69) is 9.38 Å².